The van der Waals surface area contributed by atoms with E-state index in [0.29, 0.717) is 0 Å². The summed E-state index contributed by atoms with van der Waals surface area (Å²) < 4.78 is 61.2. The van der Waals surface area contributed by atoms with Crippen LogP contribution >= 0.6 is 0 Å². The number of pyridine rings is 1. The van der Waals surface area contributed by atoms with Crippen molar-refractivity contribution in [3.05, 3.63) is 23.9 Å². The first kappa shape index (κ1) is 13.6. The van der Waals surface area contributed by atoms with Gasteiger partial charge in [-0.05, 0) is 12.1 Å². The van der Waals surface area contributed by atoms with Crippen LogP contribution in [0.15, 0.2) is 18.3 Å². The summed E-state index contributed by atoms with van der Waals surface area (Å²) in [6.07, 6.45) is -8.61. The lowest BCUT2D eigenvalue weighted by atomic mass is 10.2. The van der Waals surface area contributed by atoms with Crippen LogP contribution in [0.25, 0.3) is 0 Å². The lowest BCUT2D eigenvalue weighted by molar-refractivity contribution is -0.137. The lowest BCUT2D eigenvalue weighted by Gasteiger charge is -2.15. The van der Waals surface area contributed by atoms with Gasteiger partial charge in [0.05, 0.1) is 5.56 Å². The first-order chi connectivity index (χ1) is 7.82. The summed E-state index contributed by atoms with van der Waals surface area (Å²) in [6, 6.07) is 1.85. The van der Waals surface area contributed by atoms with Gasteiger partial charge in [0.2, 0.25) is 0 Å². The number of nitrogens with zero attached hydrogens (tertiary/aromatic N) is 1. The SMILES string of the molecule is OC(CNc1ncccc1C(F)(F)F)C(F)F. The van der Waals surface area contributed by atoms with Gasteiger partial charge >= 0.3 is 6.18 Å². The van der Waals surface area contributed by atoms with E-state index in [1.54, 1.807) is 0 Å². The molecular weight excluding hydrogens is 247 g/mol. The third-order valence-corrected chi connectivity index (χ3v) is 1.88. The second-order valence-electron chi connectivity index (χ2n) is 3.18. The van der Waals surface area contributed by atoms with Gasteiger partial charge in [0.1, 0.15) is 11.9 Å². The number of rotatable bonds is 4. The number of hydrogen-bond donors (Lipinski definition) is 2. The second-order valence-corrected chi connectivity index (χ2v) is 3.18. The fourth-order valence-corrected chi connectivity index (χ4v) is 1.07. The molecule has 1 heterocycles. The molecule has 1 atom stereocenters. The Morgan fingerprint density at radius 1 is 1.35 bits per heavy atom. The highest BCUT2D eigenvalue weighted by Crippen LogP contribution is 2.33. The summed E-state index contributed by atoms with van der Waals surface area (Å²) in [5, 5.41) is 10.8. The zero-order valence-electron chi connectivity index (χ0n) is 8.38. The summed E-state index contributed by atoms with van der Waals surface area (Å²) in [6.45, 7) is -0.711. The summed E-state index contributed by atoms with van der Waals surface area (Å²) in [5.41, 5.74) is -1.07. The van der Waals surface area contributed by atoms with Crippen LogP contribution in [0.1, 0.15) is 5.56 Å². The average Bonchev–Trinajstić information content (AvgIpc) is 2.24. The Bertz CT molecular complexity index is 369. The van der Waals surface area contributed by atoms with Gasteiger partial charge in [-0.2, -0.15) is 13.2 Å². The van der Waals surface area contributed by atoms with E-state index in [1.165, 1.54) is 0 Å². The average molecular weight is 256 g/mol. The van der Waals surface area contributed by atoms with Crippen molar-refractivity contribution in [2.75, 3.05) is 11.9 Å². The zero-order valence-corrected chi connectivity index (χ0v) is 8.38. The minimum Gasteiger partial charge on any atom is -0.385 e. The Kier molecular flexibility index (Phi) is 4.22. The minimum atomic E-state index is -4.63. The van der Waals surface area contributed by atoms with Crippen LogP contribution in [0.3, 0.4) is 0 Å². The van der Waals surface area contributed by atoms with E-state index in [-0.39, 0.29) is 0 Å². The summed E-state index contributed by atoms with van der Waals surface area (Å²) in [7, 11) is 0. The predicted octanol–water partition coefficient (Wildman–Crippen LogP) is 2.14. The topological polar surface area (TPSA) is 45.1 Å². The number of hydrogen-bond acceptors (Lipinski definition) is 3. The molecule has 1 rings (SSSR count). The number of aliphatic hydroxyl groups excluding tert-OH is 1. The molecule has 0 amide bonds. The molecule has 1 unspecified atom stereocenters. The highest BCUT2D eigenvalue weighted by molar-refractivity contribution is 5.45. The third kappa shape index (κ3) is 3.81. The van der Waals surface area contributed by atoms with E-state index < -0.39 is 36.6 Å². The van der Waals surface area contributed by atoms with E-state index in [1.807, 2.05) is 5.32 Å². The van der Waals surface area contributed by atoms with Crippen molar-refractivity contribution in [1.29, 1.82) is 0 Å². The highest BCUT2D eigenvalue weighted by atomic mass is 19.4. The molecule has 0 aliphatic carbocycles. The Labute approximate surface area is 93.3 Å². The van der Waals surface area contributed by atoms with Crippen LogP contribution in [-0.4, -0.2) is 29.2 Å². The van der Waals surface area contributed by atoms with Gasteiger partial charge in [0.15, 0.2) is 0 Å². The molecule has 0 fully saturated rings. The molecule has 1 aromatic rings. The fraction of sp³-hybridized carbons (Fsp3) is 0.444. The van der Waals surface area contributed by atoms with Gasteiger partial charge in [-0.1, -0.05) is 0 Å². The molecule has 0 bridgehead atoms. The number of alkyl halides is 5. The van der Waals surface area contributed by atoms with Crippen LogP contribution in [0.4, 0.5) is 27.8 Å². The molecular formula is C9H9F5N2O. The minimum absolute atomic E-state index is 0.584. The van der Waals surface area contributed by atoms with Gasteiger partial charge in [-0.15, -0.1) is 0 Å². The molecule has 17 heavy (non-hydrogen) atoms. The summed E-state index contributed by atoms with van der Waals surface area (Å²) in [4.78, 5) is 3.39. The van der Waals surface area contributed by atoms with E-state index in [4.69, 9.17) is 5.11 Å². The molecule has 0 aromatic carbocycles. The molecule has 0 spiro atoms. The molecule has 0 radical (unpaired) electrons. The molecule has 1 aromatic heterocycles. The molecule has 0 aliphatic heterocycles. The molecule has 96 valence electrons. The predicted molar refractivity (Wildman–Crippen MR) is 49.7 cm³/mol. The number of halogens is 5. The summed E-state index contributed by atoms with van der Waals surface area (Å²) >= 11 is 0. The molecule has 0 saturated carbocycles. The third-order valence-electron chi connectivity index (χ3n) is 1.88. The number of aliphatic hydroxyl groups is 1. The van der Waals surface area contributed by atoms with E-state index >= 15 is 0 Å². The normalized spacial score (nSPS) is 13.8. The number of aromatic nitrogens is 1. The van der Waals surface area contributed by atoms with Crippen LogP contribution < -0.4 is 5.32 Å². The van der Waals surface area contributed by atoms with Gasteiger partial charge in [-0.25, -0.2) is 13.8 Å². The molecule has 0 saturated heterocycles. The fourth-order valence-electron chi connectivity index (χ4n) is 1.07. The first-order valence-corrected chi connectivity index (χ1v) is 4.54. The second kappa shape index (κ2) is 5.26. The standard InChI is InChI=1S/C9H9F5N2O/c10-7(11)6(17)4-16-8-5(9(12,13)14)2-1-3-15-8/h1-3,6-7,17H,4H2,(H,15,16). The molecule has 8 heteroatoms. The smallest absolute Gasteiger partial charge is 0.385 e. The Morgan fingerprint density at radius 3 is 2.53 bits per heavy atom. The van der Waals surface area contributed by atoms with Crippen molar-refractivity contribution in [2.45, 2.75) is 18.7 Å². The Morgan fingerprint density at radius 2 is 2.00 bits per heavy atom. The highest BCUT2D eigenvalue weighted by Gasteiger charge is 2.34. The van der Waals surface area contributed by atoms with E-state index in [0.717, 1.165) is 18.3 Å². The molecule has 2 N–H and O–H groups in total. The van der Waals surface area contributed by atoms with Crippen LogP contribution in [0, 0.1) is 0 Å². The van der Waals surface area contributed by atoms with Crippen molar-refractivity contribution < 1.29 is 27.1 Å². The van der Waals surface area contributed by atoms with Gasteiger partial charge < -0.3 is 10.4 Å². The maximum Gasteiger partial charge on any atom is 0.419 e. The Balaban J connectivity index is 2.78. The van der Waals surface area contributed by atoms with Crippen LogP contribution in [-0.2, 0) is 6.18 Å². The van der Waals surface area contributed by atoms with Crippen molar-refractivity contribution in [1.82, 2.24) is 4.98 Å². The zero-order chi connectivity index (χ0) is 13.1. The van der Waals surface area contributed by atoms with Gasteiger partial charge in [0, 0.05) is 12.7 Å². The maximum atomic E-state index is 12.4. The van der Waals surface area contributed by atoms with E-state index in [9.17, 15) is 22.0 Å². The maximum absolute atomic E-state index is 12.4. The molecule has 0 aliphatic rings. The number of nitrogens with one attached hydrogen (secondary N) is 1. The first-order valence-electron chi connectivity index (χ1n) is 4.54. The monoisotopic (exact) mass is 256 g/mol. The van der Waals surface area contributed by atoms with Gasteiger partial charge in [0.25, 0.3) is 6.43 Å². The lowest BCUT2D eigenvalue weighted by Crippen LogP contribution is -2.28. The summed E-state index contributed by atoms with van der Waals surface area (Å²) in [5.74, 6) is -0.584. The van der Waals surface area contributed by atoms with Crippen molar-refractivity contribution in [3.63, 3.8) is 0 Å². The van der Waals surface area contributed by atoms with E-state index in [2.05, 4.69) is 4.98 Å². The van der Waals surface area contributed by atoms with Crippen molar-refractivity contribution in [3.8, 4) is 0 Å². The van der Waals surface area contributed by atoms with Crippen LogP contribution in [0.2, 0.25) is 0 Å². The van der Waals surface area contributed by atoms with Crippen molar-refractivity contribution >= 4 is 5.82 Å². The number of anilines is 1. The largest absolute Gasteiger partial charge is 0.419 e. The van der Waals surface area contributed by atoms with Gasteiger partial charge in [-0.3, -0.25) is 0 Å². The quantitative estimate of drug-likeness (QED) is 0.811. The molecule has 3 nitrogen and oxygen atoms in total. The van der Waals surface area contributed by atoms with Crippen LogP contribution in [0.5, 0.6) is 0 Å². The van der Waals surface area contributed by atoms with Crippen molar-refractivity contribution in [2.24, 2.45) is 0 Å². The Hall–Kier alpha value is -1.44.